The first-order valence-corrected chi connectivity index (χ1v) is 7.82. The molecule has 0 fully saturated rings. The number of aryl methyl sites for hydroxylation is 1. The third-order valence-electron chi connectivity index (χ3n) is 3.71. The van der Waals surface area contributed by atoms with Gasteiger partial charge in [-0.15, -0.1) is 0 Å². The second-order valence-electron chi connectivity index (χ2n) is 5.66. The van der Waals surface area contributed by atoms with Crippen LogP contribution >= 0.6 is 0 Å². The number of carbonyl (C=O) groups is 3. The highest BCUT2D eigenvalue weighted by Crippen LogP contribution is 2.15. The smallest absolute Gasteiger partial charge is 0.535 e. The highest BCUT2D eigenvalue weighted by Gasteiger charge is 2.16. The summed E-state index contributed by atoms with van der Waals surface area (Å²) in [5.74, 6) is -2.69. The quantitative estimate of drug-likeness (QED) is 0.404. The lowest BCUT2D eigenvalue weighted by Gasteiger charge is -2.07. The Morgan fingerprint density at radius 2 is 2.04 bits per heavy atom. The van der Waals surface area contributed by atoms with E-state index in [0.717, 1.165) is 6.08 Å². The molecular formula is C18H18N3O6+. The molecule has 27 heavy (non-hydrogen) atoms. The first-order chi connectivity index (χ1) is 12.7. The Morgan fingerprint density at radius 1 is 1.33 bits per heavy atom. The third-order valence-corrected chi connectivity index (χ3v) is 3.71. The molecule has 0 saturated carbocycles. The lowest BCUT2D eigenvalue weighted by molar-refractivity contribution is -0.135. The van der Waals surface area contributed by atoms with Crippen molar-refractivity contribution in [1.82, 2.24) is 14.9 Å². The summed E-state index contributed by atoms with van der Waals surface area (Å²) in [6.07, 6.45) is 2.37. The average molecular weight is 372 g/mol. The Labute approximate surface area is 153 Å². The number of nitrogens with zero attached hydrogens (tertiary/aromatic N) is 2. The summed E-state index contributed by atoms with van der Waals surface area (Å²) >= 11 is 0. The van der Waals surface area contributed by atoms with E-state index in [2.05, 4.69) is 10.3 Å². The minimum absolute atomic E-state index is 0.0000500. The molecule has 0 saturated heterocycles. The van der Waals surface area contributed by atoms with Crippen molar-refractivity contribution in [3.63, 3.8) is 0 Å². The zero-order chi connectivity index (χ0) is 20.1. The largest absolute Gasteiger partial charge is 0.563 e. The van der Waals surface area contributed by atoms with Gasteiger partial charge in [0.1, 0.15) is 17.0 Å². The summed E-state index contributed by atoms with van der Waals surface area (Å²) in [4.78, 5) is 50.9. The first-order valence-electron chi connectivity index (χ1n) is 7.82. The van der Waals surface area contributed by atoms with E-state index in [1.165, 1.54) is 42.0 Å². The van der Waals surface area contributed by atoms with Crippen LogP contribution in [0.25, 0.3) is 6.08 Å². The number of nitrogens with one attached hydrogen (secondary N) is 1. The number of hydrogen-bond acceptors (Lipinski definition) is 6. The highest BCUT2D eigenvalue weighted by molar-refractivity contribution is 6.08. The molecule has 0 aromatic carbocycles. The van der Waals surface area contributed by atoms with Crippen molar-refractivity contribution in [3.8, 4) is 5.75 Å². The number of aromatic nitrogens is 2. The van der Waals surface area contributed by atoms with E-state index < -0.39 is 35.5 Å². The number of aromatic hydroxyl groups is 1. The van der Waals surface area contributed by atoms with Gasteiger partial charge in [-0.2, -0.15) is 0 Å². The number of amides is 1. The molecule has 140 valence electrons. The molecule has 2 heterocycles. The van der Waals surface area contributed by atoms with Crippen molar-refractivity contribution < 1.29 is 24.6 Å². The van der Waals surface area contributed by atoms with E-state index in [9.17, 15) is 24.3 Å². The van der Waals surface area contributed by atoms with Gasteiger partial charge in [-0.05, 0) is 31.2 Å². The zero-order valence-corrected chi connectivity index (χ0v) is 14.6. The summed E-state index contributed by atoms with van der Waals surface area (Å²) in [6.45, 7) is 1.19. The third kappa shape index (κ3) is 4.66. The van der Waals surface area contributed by atoms with E-state index in [1.54, 1.807) is 6.92 Å². The van der Waals surface area contributed by atoms with Gasteiger partial charge in [-0.3, -0.25) is 14.4 Å². The molecular weight excluding hydrogens is 354 g/mol. The van der Waals surface area contributed by atoms with Crippen molar-refractivity contribution in [2.75, 3.05) is 6.54 Å². The fraction of sp³-hybridized carbons (Fsp3) is 0.167. The predicted octanol–water partition coefficient (Wildman–Crippen LogP) is -0.329. The molecule has 0 aliphatic rings. The Balaban J connectivity index is 2.24. The maximum Gasteiger partial charge on any atom is 0.535 e. The van der Waals surface area contributed by atoms with Crippen molar-refractivity contribution in [2.24, 2.45) is 7.05 Å². The number of allylic oxidation sites excluding steroid dienone is 1. The van der Waals surface area contributed by atoms with Crippen LogP contribution in [0.5, 0.6) is 5.75 Å². The van der Waals surface area contributed by atoms with E-state index in [0.29, 0.717) is 5.69 Å². The number of ketones is 1. The molecule has 2 aromatic rings. The van der Waals surface area contributed by atoms with E-state index in [-0.39, 0.29) is 17.0 Å². The fourth-order valence-electron chi connectivity index (χ4n) is 2.20. The Morgan fingerprint density at radius 3 is 2.70 bits per heavy atom. The lowest BCUT2D eigenvalue weighted by atomic mass is 10.1. The molecule has 0 bridgehead atoms. The number of carbonyl (C=O) groups excluding carboxylic acids is 3. The number of hydrogen-bond donors (Lipinski definition) is 2. The summed E-state index contributed by atoms with van der Waals surface area (Å²) < 4.78 is 1.25. The zero-order valence-electron chi connectivity index (χ0n) is 14.6. The normalized spacial score (nSPS) is 10.7. The second-order valence-corrected chi connectivity index (χ2v) is 5.66. The standard InChI is InChI=1S/C18H17N3O6/c1-10-8-14(23)16(18(27)21(10)2)13(22)7-6-11-4-3-5-12(20-11)17(26)19-9-15(24)25/h3-8,23H,9H2,1-2H3,(H,19,26)(H,24,25)/p+1/b7-6+. The molecule has 0 aliphatic carbocycles. The number of pyridine rings is 2. The van der Waals surface area contributed by atoms with Crippen LogP contribution in [-0.4, -0.2) is 44.0 Å². The molecule has 1 amide bonds. The monoisotopic (exact) mass is 372 g/mol. The Kier molecular flexibility index (Phi) is 5.86. The second kappa shape index (κ2) is 8.09. The van der Waals surface area contributed by atoms with E-state index in [4.69, 9.17) is 5.11 Å². The average Bonchev–Trinajstić information content (AvgIpc) is 2.62. The van der Waals surface area contributed by atoms with Crippen LogP contribution in [0.2, 0.25) is 0 Å². The molecule has 0 radical (unpaired) electrons. The van der Waals surface area contributed by atoms with E-state index >= 15 is 0 Å². The van der Waals surface area contributed by atoms with Crippen molar-refractivity contribution in [1.29, 1.82) is 0 Å². The summed E-state index contributed by atoms with van der Waals surface area (Å²) in [7, 11) is 1.49. The van der Waals surface area contributed by atoms with Crippen molar-refractivity contribution in [2.45, 2.75) is 6.92 Å². The van der Waals surface area contributed by atoms with Gasteiger partial charge in [0, 0.05) is 23.6 Å². The van der Waals surface area contributed by atoms with Gasteiger partial charge in [0.25, 0.3) is 11.5 Å². The summed E-state index contributed by atoms with van der Waals surface area (Å²) in [5.41, 5.74) is -0.216. The van der Waals surface area contributed by atoms with Crippen LogP contribution in [-0.2, 0) is 11.8 Å². The lowest BCUT2D eigenvalue weighted by Crippen LogP contribution is -2.29. The summed E-state index contributed by atoms with van der Waals surface area (Å²) in [6, 6.07) is 5.78. The van der Waals surface area contributed by atoms with Gasteiger partial charge in [-0.25, -0.2) is 4.98 Å². The molecule has 2 aromatic heterocycles. The van der Waals surface area contributed by atoms with Crippen molar-refractivity contribution in [3.05, 3.63) is 63.3 Å². The minimum Gasteiger partial charge on any atom is -0.563 e. The Hall–Kier alpha value is -3.75. The molecule has 0 atom stereocenters. The first kappa shape index (κ1) is 19.6. The Bertz CT molecular complexity index is 1010. The topological polar surface area (TPSA) is 141 Å². The molecule has 9 nitrogen and oxygen atoms in total. The molecule has 4 N–H and O–H groups in total. The van der Waals surface area contributed by atoms with Crippen LogP contribution in [0, 0.1) is 6.92 Å². The van der Waals surface area contributed by atoms with Crippen molar-refractivity contribution >= 4 is 23.7 Å². The van der Waals surface area contributed by atoms with Crippen LogP contribution in [0.3, 0.4) is 0 Å². The molecule has 0 spiro atoms. The maximum absolute atomic E-state index is 12.3. The van der Waals surface area contributed by atoms with Gasteiger partial charge < -0.3 is 20.1 Å². The molecule has 9 heteroatoms. The summed E-state index contributed by atoms with van der Waals surface area (Å²) in [5, 5.41) is 18.9. The van der Waals surface area contributed by atoms with Crippen LogP contribution < -0.4 is 10.9 Å². The van der Waals surface area contributed by atoms with Crippen LogP contribution in [0.4, 0.5) is 0 Å². The molecule has 0 aliphatic heterocycles. The minimum atomic E-state index is -0.940. The highest BCUT2D eigenvalue weighted by atomic mass is 16.4. The molecule has 2 rings (SSSR count). The van der Waals surface area contributed by atoms with E-state index in [1.807, 2.05) is 0 Å². The van der Waals surface area contributed by atoms with Crippen LogP contribution in [0.15, 0.2) is 35.1 Å². The molecule has 0 unspecified atom stereocenters. The SMILES string of the molecule is Cc1cc(O)c(C(=O)/C=C/c2cccc(C(=O)NCC(=O)[OH2+])n2)c(=O)n1C. The number of rotatable bonds is 6. The van der Waals surface area contributed by atoms with Gasteiger partial charge in [0.15, 0.2) is 12.3 Å². The van der Waals surface area contributed by atoms with Gasteiger partial charge in [0.2, 0.25) is 0 Å². The maximum atomic E-state index is 12.3. The fourth-order valence-corrected chi connectivity index (χ4v) is 2.20. The predicted molar refractivity (Wildman–Crippen MR) is 96.6 cm³/mol. The van der Waals surface area contributed by atoms with Gasteiger partial charge in [0.05, 0.1) is 5.69 Å². The van der Waals surface area contributed by atoms with Gasteiger partial charge >= 0.3 is 5.97 Å². The van der Waals surface area contributed by atoms with Gasteiger partial charge in [-0.1, -0.05) is 6.07 Å². The van der Waals surface area contributed by atoms with Crippen LogP contribution in [0.1, 0.15) is 32.2 Å².